The van der Waals surface area contributed by atoms with Crippen molar-refractivity contribution in [2.24, 2.45) is 0 Å². The van der Waals surface area contributed by atoms with Gasteiger partial charge in [-0.3, -0.25) is 9.59 Å². The van der Waals surface area contributed by atoms with E-state index in [0.717, 1.165) is 18.7 Å². The highest BCUT2D eigenvalue weighted by Gasteiger charge is 2.35. The van der Waals surface area contributed by atoms with Gasteiger partial charge in [-0.1, -0.05) is 12.1 Å². The number of halogens is 1. The van der Waals surface area contributed by atoms with E-state index in [4.69, 9.17) is 0 Å². The number of hydrogen-bond acceptors (Lipinski definition) is 4. The van der Waals surface area contributed by atoms with Crippen LogP contribution in [0.1, 0.15) is 18.4 Å². The van der Waals surface area contributed by atoms with Gasteiger partial charge in [0.15, 0.2) is 6.61 Å². The molecule has 0 aromatic heterocycles. The highest BCUT2D eigenvalue weighted by molar-refractivity contribution is 5.79. The molecule has 108 valence electrons. The number of rotatable bonds is 5. The summed E-state index contributed by atoms with van der Waals surface area (Å²) >= 11 is 0. The fraction of sp³-hybridized carbons (Fsp3) is 0.429. The SMILES string of the molecule is O=COCC(=O)NC1(c2cccc(F)c2)CCNCC1. The minimum Gasteiger partial charge on any atom is -0.458 e. The molecule has 1 aromatic carbocycles. The molecule has 0 radical (unpaired) electrons. The minimum absolute atomic E-state index is 0.233. The molecule has 0 bridgehead atoms. The Bertz CT molecular complexity index is 487. The molecule has 1 amide bonds. The fourth-order valence-corrected chi connectivity index (χ4v) is 2.54. The third kappa shape index (κ3) is 3.33. The van der Waals surface area contributed by atoms with E-state index >= 15 is 0 Å². The molecule has 1 heterocycles. The number of ether oxygens (including phenoxy) is 1. The van der Waals surface area contributed by atoms with Gasteiger partial charge in [-0.25, -0.2) is 4.39 Å². The first-order chi connectivity index (χ1) is 9.66. The van der Waals surface area contributed by atoms with Crippen molar-refractivity contribution in [1.29, 1.82) is 0 Å². The number of amides is 1. The van der Waals surface area contributed by atoms with Gasteiger partial charge in [0.05, 0.1) is 5.54 Å². The Morgan fingerprint density at radius 3 is 2.85 bits per heavy atom. The molecule has 1 fully saturated rings. The van der Waals surface area contributed by atoms with E-state index in [-0.39, 0.29) is 24.8 Å². The van der Waals surface area contributed by atoms with Crippen LogP contribution < -0.4 is 10.6 Å². The van der Waals surface area contributed by atoms with Crippen LogP contribution in [0.3, 0.4) is 0 Å². The summed E-state index contributed by atoms with van der Waals surface area (Å²) in [4.78, 5) is 22.0. The van der Waals surface area contributed by atoms with Gasteiger partial charge in [0.25, 0.3) is 12.4 Å². The number of carbonyl (C=O) groups is 2. The Kier molecular flexibility index (Phi) is 4.68. The zero-order chi connectivity index (χ0) is 14.4. The maximum Gasteiger partial charge on any atom is 0.293 e. The van der Waals surface area contributed by atoms with Crippen LogP contribution in [0.15, 0.2) is 24.3 Å². The van der Waals surface area contributed by atoms with E-state index in [1.165, 1.54) is 12.1 Å². The second-order valence-electron chi connectivity index (χ2n) is 4.80. The van der Waals surface area contributed by atoms with Crippen LogP contribution in [-0.4, -0.2) is 32.1 Å². The number of hydrogen-bond donors (Lipinski definition) is 2. The van der Waals surface area contributed by atoms with Crippen LogP contribution in [0.5, 0.6) is 0 Å². The summed E-state index contributed by atoms with van der Waals surface area (Å²) in [6.07, 6.45) is 1.31. The first-order valence-corrected chi connectivity index (χ1v) is 6.49. The van der Waals surface area contributed by atoms with Crippen LogP contribution in [0, 0.1) is 5.82 Å². The number of nitrogens with one attached hydrogen (secondary N) is 2. The molecule has 0 aliphatic carbocycles. The van der Waals surface area contributed by atoms with Gasteiger partial charge in [-0.05, 0) is 43.6 Å². The maximum absolute atomic E-state index is 13.4. The quantitative estimate of drug-likeness (QED) is 0.779. The predicted octanol–water partition coefficient (Wildman–Crippen LogP) is 0.694. The van der Waals surface area contributed by atoms with Gasteiger partial charge in [0, 0.05) is 0 Å². The number of carbonyl (C=O) groups excluding carboxylic acids is 2. The molecule has 0 spiro atoms. The lowest BCUT2D eigenvalue weighted by Gasteiger charge is -2.39. The van der Waals surface area contributed by atoms with E-state index in [2.05, 4.69) is 15.4 Å². The smallest absolute Gasteiger partial charge is 0.293 e. The molecule has 20 heavy (non-hydrogen) atoms. The van der Waals surface area contributed by atoms with E-state index in [9.17, 15) is 14.0 Å². The molecule has 5 nitrogen and oxygen atoms in total. The van der Waals surface area contributed by atoms with E-state index < -0.39 is 5.54 Å². The van der Waals surface area contributed by atoms with Crippen molar-refractivity contribution >= 4 is 12.4 Å². The van der Waals surface area contributed by atoms with E-state index in [0.29, 0.717) is 12.8 Å². The summed E-state index contributed by atoms with van der Waals surface area (Å²) in [5, 5.41) is 6.09. The molecule has 2 N–H and O–H groups in total. The summed E-state index contributed by atoms with van der Waals surface area (Å²) in [5.41, 5.74) is 0.120. The molecule has 2 rings (SSSR count). The Morgan fingerprint density at radius 1 is 1.45 bits per heavy atom. The average Bonchev–Trinajstić information content (AvgIpc) is 2.46. The van der Waals surface area contributed by atoms with Crippen molar-refractivity contribution in [3.8, 4) is 0 Å². The highest BCUT2D eigenvalue weighted by atomic mass is 19.1. The molecule has 1 aliphatic heterocycles. The van der Waals surface area contributed by atoms with Gasteiger partial charge in [0.1, 0.15) is 5.82 Å². The summed E-state index contributed by atoms with van der Waals surface area (Å²) in [6, 6.07) is 6.24. The van der Waals surface area contributed by atoms with Crippen LogP contribution in [-0.2, 0) is 19.9 Å². The molecule has 0 atom stereocenters. The van der Waals surface area contributed by atoms with Gasteiger partial charge in [-0.2, -0.15) is 0 Å². The number of benzene rings is 1. The summed E-state index contributed by atoms with van der Waals surface area (Å²) in [5.74, 6) is -0.720. The summed E-state index contributed by atoms with van der Waals surface area (Å²) in [6.45, 7) is 1.36. The largest absolute Gasteiger partial charge is 0.458 e. The van der Waals surface area contributed by atoms with E-state index in [1.54, 1.807) is 12.1 Å². The molecule has 6 heteroatoms. The maximum atomic E-state index is 13.4. The average molecular weight is 280 g/mol. The summed E-state index contributed by atoms with van der Waals surface area (Å²) in [7, 11) is 0. The van der Waals surface area contributed by atoms with Crippen LogP contribution >= 0.6 is 0 Å². The predicted molar refractivity (Wildman–Crippen MR) is 70.3 cm³/mol. The molecule has 1 saturated heterocycles. The van der Waals surface area contributed by atoms with Crippen LogP contribution in [0.25, 0.3) is 0 Å². The van der Waals surface area contributed by atoms with E-state index in [1.807, 2.05) is 0 Å². The second-order valence-corrected chi connectivity index (χ2v) is 4.80. The number of piperidine rings is 1. The molecular formula is C14H17FN2O3. The van der Waals surface area contributed by atoms with Crippen LogP contribution in [0.4, 0.5) is 4.39 Å². The fourth-order valence-electron chi connectivity index (χ4n) is 2.54. The van der Waals surface area contributed by atoms with Gasteiger partial charge < -0.3 is 15.4 Å². The zero-order valence-electron chi connectivity index (χ0n) is 11.0. The standard InChI is InChI=1S/C14H17FN2O3/c15-12-3-1-2-11(8-12)14(4-6-16-7-5-14)17-13(19)9-20-10-18/h1-3,8,10,16H,4-7,9H2,(H,17,19). The molecule has 0 unspecified atom stereocenters. The normalized spacial score (nSPS) is 17.2. The minimum atomic E-state index is -0.614. The lowest BCUT2D eigenvalue weighted by atomic mass is 9.81. The Balaban J connectivity index is 2.21. The zero-order valence-corrected chi connectivity index (χ0v) is 11.0. The Hall–Kier alpha value is -1.95. The van der Waals surface area contributed by atoms with Crippen molar-refractivity contribution in [1.82, 2.24) is 10.6 Å². The second kappa shape index (κ2) is 6.47. The lowest BCUT2D eigenvalue weighted by molar-refractivity contribution is -0.138. The summed E-state index contributed by atoms with van der Waals surface area (Å²) < 4.78 is 17.9. The van der Waals surface area contributed by atoms with Crippen molar-refractivity contribution < 1.29 is 18.7 Å². The first-order valence-electron chi connectivity index (χ1n) is 6.49. The molecule has 0 saturated carbocycles. The molecule has 1 aliphatic rings. The van der Waals surface area contributed by atoms with Crippen molar-refractivity contribution in [3.63, 3.8) is 0 Å². The topological polar surface area (TPSA) is 67.4 Å². The Labute approximate surface area is 116 Å². The highest BCUT2D eigenvalue weighted by Crippen LogP contribution is 2.31. The van der Waals surface area contributed by atoms with Gasteiger partial charge in [0.2, 0.25) is 0 Å². The monoisotopic (exact) mass is 280 g/mol. The molecule has 1 aromatic rings. The third-order valence-corrected chi connectivity index (χ3v) is 3.50. The van der Waals surface area contributed by atoms with Crippen LogP contribution in [0.2, 0.25) is 0 Å². The van der Waals surface area contributed by atoms with Crippen molar-refractivity contribution in [2.75, 3.05) is 19.7 Å². The van der Waals surface area contributed by atoms with Gasteiger partial charge >= 0.3 is 0 Å². The molecular weight excluding hydrogens is 263 g/mol. The lowest BCUT2D eigenvalue weighted by Crippen LogP contribution is -2.53. The van der Waals surface area contributed by atoms with Gasteiger partial charge in [-0.15, -0.1) is 0 Å². The Morgan fingerprint density at radius 2 is 2.20 bits per heavy atom. The van der Waals surface area contributed by atoms with Crippen molar-refractivity contribution in [3.05, 3.63) is 35.6 Å². The van der Waals surface area contributed by atoms with Crippen molar-refractivity contribution in [2.45, 2.75) is 18.4 Å². The third-order valence-electron chi connectivity index (χ3n) is 3.50. The first kappa shape index (κ1) is 14.5.